The molecule has 0 saturated heterocycles. The summed E-state index contributed by atoms with van der Waals surface area (Å²) < 4.78 is 0. The van der Waals surface area contributed by atoms with Crippen LogP contribution in [0.25, 0.3) is 0 Å². The molecule has 0 unspecified atom stereocenters. The number of carboxylic acids is 1. The van der Waals surface area contributed by atoms with Crippen LogP contribution >= 0.6 is 0 Å². The van der Waals surface area contributed by atoms with Crippen molar-refractivity contribution in [3.8, 4) is 0 Å². The average Bonchev–Trinajstić information content (AvgIpc) is 2.76. The molecule has 0 radical (unpaired) electrons. The van der Waals surface area contributed by atoms with E-state index >= 15 is 0 Å². The Bertz CT molecular complexity index is 297. The summed E-state index contributed by atoms with van der Waals surface area (Å²) in [4.78, 5) is 22.2. The normalized spacial score (nSPS) is 16.8. The van der Waals surface area contributed by atoms with Gasteiger partial charge >= 0.3 is 5.97 Å². The maximum absolute atomic E-state index is 11.7. The quantitative estimate of drug-likeness (QED) is 0.641. The molecule has 0 aromatic heterocycles. The first kappa shape index (κ1) is 15.0. The van der Waals surface area contributed by atoms with Gasteiger partial charge in [0.1, 0.15) is 0 Å². The predicted molar refractivity (Wildman–Crippen MR) is 69.4 cm³/mol. The van der Waals surface area contributed by atoms with Gasteiger partial charge in [-0.3, -0.25) is 9.59 Å². The summed E-state index contributed by atoms with van der Waals surface area (Å²) in [5, 5.41) is 14.7. The van der Waals surface area contributed by atoms with E-state index in [0.29, 0.717) is 19.0 Å². The number of nitrogens with one attached hydrogen (secondary N) is 2. The van der Waals surface area contributed by atoms with Crippen molar-refractivity contribution in [1.29, 1.82) is 0 Å². The van der Waals surface area contributed by atoms with Gasteiger partial charge < -0.3 is 15.7 Å². The first-order valence-electron chi connectivity index (χ1n) is 6.65. The second-order valence-electron chi connectivity index (χ2n) is 5.69. The lowest BCUT2D eigenvalue weighted by atomic mass is 9.98. The molecule has 0 atom stereocenters. The second kappa shape index (κ2) is 6.73. The third kappa shape index (κ3) is 6.00. The Balaban J connectivity index is 2.22. The third-order valence-electron chi connectivity index (χ3n) is 3.35. The first-order valence-corrected chi connectivity index (χ1v) is 6.65. The van der Waals surface area contributed by atoms with E-state index in [-0.39, 0.29) is 12.3 Å². The van der Waals surface area contributed by atoms with Crippen LogP contribution in [0.4, 0.5) is 0 Å². The Kier molecular flexibility index (Phi) is 5.59. The zero-order valence-electron chi connectivity index (χ0n) is 11.3. The molecule has 1 aliphatic carbocycles. The van der Waals surface area contributed by atoms with Crippen LogP contribution in [0.15, 0.2) is 0 Å². The minimum absolute atomic E-state index is 0.0581. The number of aliphatic carboxylic acids is 1. The summed E-state index contributed by atoms with van der Waals surface area (Å²) in [5.41, 5.74) is -0.465. The van der Waals surface area contributed by atoms with Crippen molar-refractivity contribution >= 4 is 11.9 Å². The number of carbonyl (C=O) groups is 2. The molecular weight excluding hydrogens is 232 g/mol. The summed E-state index contributed by atoms with van der Waals surface area (Å²) in [6.45, 7) is 4.02. The maximum atomic E-state index is 11.7. The van der Waals surface area contributed by atoms with Crippen molar-refractivity contribution in [3.63, 3.8) is 0 Å². The summed E-state index contributed by atoms with van der Waals surface area (Å²) in [6, 6.07) is 0.470. The van der Waals surface area contributed by atoms with Crippen LogP contribution in [-0.4, -0.2) is 35.1 Å². The van der Waals surface area contributed by atoms with Crippen molar-refractivity contribution in [3.05, 3.63) is 0 Å². The van der Waals surface area contributed by atoms with Crippen LogP contribution in [-0.2, 0) is 9.59 Å². The Morgan fingerprint density at radius 1 is 1.28 bits per heavy atom. The highest BCUT2D eigenvalue weighted by molar-refractivity contribution is 5.79. The highest BCUT2D eigenvalue weighted by atomic mass is 16.4. The maximum Gasteiger partial charge on any atom is 0.303 e. The van der Waals surface area contributed by atoms with Crippen LogP contribution in [0.1, 0.15) is 52.4 Å². The Morgan fingerprint density at radius 2 is 1.89 bits per heavy atom. The molecule has 1 aliphatic rings. The molecule has 1 amide bonds. The molecule has 1 fully saturated rings. The largest absolute Gasteiger partial charge is 0.481 e. The third-order valence-corrected chi connectivity index (χ3v) is 3.35. The Hall–Kier alpha value is -1.10. The van der Waals surface area contributed by atoms with Crippen molar-refractivity contribution in [1.82, 2.24) is 10.6 Å². The molecular formula is C13H24N2O3. The van der Waals surface area contributed by atoms with Crippen LogP contribution in [0.3, 0.4) is 0 Å². The number of rotatable bonds is 7. The summed E-state index contributed by atoms with van der Waals surface area (Å²) in [7, 11) is 0. The molecule has 5 heteroatoms. The zero-order valence-corrected chi connectivity index (χ0v) is 11.3. The van der Waals surface area contributed by atoms with Crippen LogP contribution in [0.5, 0.6) is 0 Å². The Labute approximate surface area is 108 Å². The van der Waals surface area contributed by atoms with E-state index in [0.717, 1.165) is 12.8 Å². The highest BCUT2D eigenvalue weighted by Gasteiger charge is 2.22. The minimum atomic E-state index is -0.832. The van der Waals surface area contributed by atoms with Gasteiger partial charge in [-0.25, -0.2) is 0 Å². The summed E-state index contributed by atoms with van der Waals surface area (Å²) >= 11 is 0. The van der Waals surface area contributed by atoms with E-state index in [2.05, 4.69) is 10.6 Å². The van der Waals surface area contributed by atoms with Gasteiger partial charge in [0.25, 0.3) is 0 Å². The highest BCUT2D eigenvalue weighted by Crippen LogP contribution is 2.17. The molecule has 3 N–H and O–H groups in total. The van der Waals surface area contributed by atoms with Gasteiger partial charge in [-0.2, -0.15) is 0 Å². The fourth-order valence-electron chi connectivity index (χ4n) is 2.27. The molecule has 0 aromatic rings. The van der Waals surface area contributed by atoms with Crippen LogP contribution < -0.4 is 10.6 Å². The van der Waals surface area contributed by atoms with Crippen molar-refractivity contribution < 1.29 is 14.7 Å². The van der Waals surface area contributed by atoms with E-state index in [1.54, 1.807) is 0 Å². The van der Waals surface area contributed by atoms with Gasteiger partial charge in [-0.1, -0.05) is 12.8 Å². The molecule has 0 heterocycles. The second-order valence-corrected chi connectivity index (χ2v) is 5.69. The molecule has 0 aromatic carbocycles. The lowest BCUT2D eigenvalue weighted by molar-refractivity contribution is -0.137. The van der Waals surface area contributed by atoms with E-state index in [9.17, 15) is 9.59 Å². The number of amides is 1. The summed E-state index contributed by atoms with van der Waals surface area (Å²) in [6.07, 6.45) is 5.29. The van der Waals surface area contributed by atoms with Crippen molar-refractivity contribution in [2.24, 2.45) is 0 Å². The van der Waals surface area contributed by atoms with Gasteiger partial charge in [0, 0.05) is 18.0 Å². The summed E-state index contributed by atoms with van der Waals surface area (Å²) in [5.74, 6) is -0.890. The zero-order chi connectivity index (χ0) is 13.6. The topological polar surface area (TPSA) is 78.4 Å². The lowest BCUT2D eigenvalue weighted by Crippen LogP contribution is -2.48. The molecule has 1 saturated carbocycles. The molecule has 1 rings (SSSR count). The number of hydrogen-bond acceptors (Lipinski definition) is 3. The lowest BCUT2D eigenvalue weighted by Gasteiger charge is -2.26. The number of carboxylic acid groups (broad SMARTS) is 1. The molecule has 5 nitrogen and oxygen atoms in total. The molecule has 104 valence electrons. The van der Waals surface area contributed by atoms with Crippen molar-refractivity contribution in [2.45, 2.75) is 64.0 Å². The van der Waals surface area contributed by atoms with Gasteiger partial charge in [-0.05, 0) is 33.1 Å². The molecule has 0 bridgehead atoms. The first-order chi connectivity index (χ1) is 8.39. The monoisotopic (exact) mass is 256 g/mol. The van der Waals surface area contributed by atoms with E-state index in [1.807, 2.05) is 13.8 Å². The Morgan fingerprint density at radius 3 is 2.44 bits per heavy atom. The number of hydrogen-bond donors (Lipinski definition) is 3. The van der Waals surface area contributed by atoms with E-state index in [4.69, 9.17) is 5.11 Å². The van der Waals surface area contributed by atoms with E-state index in [1.165, 1.54) is 12.8 Å². The van der Waals surface area contributed by atoms with Gasteiger partial charge in [0.2, 0.25) is 5.91 Å². The minimum Gasteiger partial charge on any atom is -0.481 e. The van der Waals surface area contributed by atoms with Crippen LogP contribution in [0, 0.1) is 0 Å². The van der Waals surface area contributed by atoms with Gasteiger partial charge in [0.05, 0.1) is 6.54 Å². The fraction of sp³-hybridized carbons (Fsp3) is 0.846. The predicted octanol–water partition coefficient (Wildman–Crippen LogP) is 1.28. The SMILES string of the molecule is CC(C)(CCC(=O)O)NC(=O)CNC1CCCC1. The smallest absolute Gasteiger partial charge is 0.303 e. The van der Waals surface area contributed by atoms with Gasteiger partial charge in [-0.15, -0.1) is 0 Å². The van der Waals surface area contributed by atoms with Crippen LogP contribution in [0.2, 0.25) is 0 Å². The van der Waals surface area contributed by atoms with Crippen molar-refractivity contribution in [2.75, 3.05) is 6.54 Å². The molecule has 18 heavy (non-hydrogen) atoms. The molecule has 0 spiro atoms. The number of carbonyl (C=O) groups excluding carboxylic acids is 1. The average molecular weight is 256 g/mol. The van der Waals surface area contributed by atoms with Gasteiger partial charge in [0.15, 0.2) is 0 Å². The van der Waals surface area contributed by atoms with E-state index < -0.39 is 11.5 Å². The fourth-order valence-corrected chi connectivity index (χ4v) is 2.27. The standard InChI is InChI=1S/C13H24N2O3/c1-13(2,8-7-12(17)18)15-11(16)9-14-10-5-3-4-6-10/h10,14H,3-9H2,1-2H3,(H,15,16)(H,17,18). The molecule has 0 aliphatic heterocycles.